The SMILES string of the molecule is COc1ccc(CCNC(=O)c2ccc(N3CCNC3=O)c(C)c2)cc1. The van der Waals surface area contributed by atoms with Crippen molar-refractivity contribution in [3.63, 3.8) is 0 Å². The van der Waals surface area contributed by atoms with E-state index in [-0.39, 0.29) is 11.9 Å². The lowest BCUT2D eigenvalue weighted by molar-refractivity contribution is 0.0954. The average molecular weight is 353 g/mol. The smallest absolute Gasteiger partial charge is 0.322 e. The lowest BCUT2D eigenvalue weighted by Gasteiger charge is -2.17. The van der Waals surface area contributed by atoms with Crippen molar-refractivity contribution in [2.45, 2.75) is 13.3 Å². The maximum atomic E-state index is 12.4. The Morgan fingerprint density at radius 2 is 2.00 bits per heavy atom. The Balaban J connectivity index is 1.57. The first-order chi connectivity index (χ1) is 12.6. The highest BCUT2D eigenvalue weighted by atomic mass is 16.5. The number of carbonyl (C=O) groups is 2. The summed E-state index contributed by atoms with van der Waals surface area (Å²) in [7, 11) is 1.64. The summed E-state index contributed by atoms with van der Waals surface area (Å²) < 4.78 is 5.14. The van der Waals surface area contributed by atoms with Gasteiger partial charge in [0.25, 0.3) is 5.91 Å². The molecule has 26 heavy (non-hydrogen) atoms. The largest absolute Gasteiger partial charge is 0.497 e. The fraction of sp³-hybridized carbons (Fsp3) is 0.300. The van der Waals surface area contributed by atoms with E-state index in [0.717, 1.165) is 29.0 Å². The van der Waals surface area contributed by atoms with Crippen molar-refractivity contribution in [1.82, 2.24) is 10.6 Å². The molecule has 0 aromatic heterocycles. The summed E-state index contributed by atoms with van der Waals surface area (Å²) >= 11 is 0. The Hall–Kier alpha value is -3.02. The monoisotopic (exact) mass is 353 g/mol. The lowest BCUT2D eigenvalue weighted by Crippen LogP contribution is -2.29. The van der Waals surface area contributed by atoms with Crippen molar-refractivity contribution >= 4 is 17.6 Å². The molecule has 0 spiro atoms. The zero-order valence-corrected chi connectivity index (χ0v) is 15.0. The summed E-state index contributed by atoms with van der Waals surface area (Å²) in [5, 5.41) is 5.72. The molecule has 1 fully saturated rings. The molecule has 2 aromatic carbocycles. The number of urea groups is 1. The third-order valence-electron chi connectivity index (χ3n) is 4.46. The van der Waals surface area contributed by atoms with Gasteiger partial charge < -0.3 is 15.4 Å². The molecular weight excluding hydrogens is 330 g/mol. The minimum atomic E-state index is -0.112. The van der Waals surface area contributed by atoms with Gasteiger partial charge in [0.1, 0.15) is 5.75 Å². The predicted octanol–water partition coefficient (Wildman–Crippen LogP) is 2.51. The van der Waals surface area contributed by atoms with Crippen LogP contribution < -0.4 is 20.3 Å². The third kappa shape index (κ3) is 3.96. The molecule has 3 rings (SSSR count). The van der Waals surface area contributed by atoms with E-state index < -0.39 is 0 Å². The van der Waals surface area contributed by atoms with E-state index in [1.54, 1.807) is 18.1 Å². The number of methoxy groups -OCH3 is 1. The fourth-order valence-electron chi connectivity index (χ4n) is 3.02. The molecule has 2 aromatic rings. The molecule has 136 valence electrons. The number of hydrogen-bond acceptors (Lipinski definition) is 3. The highest BCUT2D eigenvalue weighted by molar-refractivity contribution is 5.97. The van der Waals surface area contributed by atoms with Crippen LogP contribution in [-0.2, 0) is 6.42 Å². The quantitative estimate of drug-likeness (QED) is 0.838. The molecule has 6 nitrogen and oxygen atoms in total. The van der Waals surface area contributed by atoms with E-state index in [0.29, 0.717) is 25.2 Å². The number of aryl methyl sites for hydroxylation is 1. The van der Waals surface area contributed by atoms with Crippen LogP contribution >= 0.6 is 0 Å². The highest BCUT2D eigenvalue weighted by Crippen LogP contribution is 2.22. The van der Waals surface area contributed by atoms with Gasteiger partial charge in [0.05, 0.1) is 7.11 Å². The van der Waals surface area contributed by atoms with Crippen molar-refractivity contribution in [2.75, 3.05) is 31.6 Å². The van der Waals surface area contributed by atoms with Gasteiger partial charge in [0, 0.05) is 30.9 Å². The van der Waals surface area contributed by atoms with Gasteiger partial charge in [0.2, 0.25) is 0 Å². The summed E-state index contributed by atoms with van der Waals surface area (Å²) in [6.07, 6.45) is 0.751. The van der Waals surface area contributed by atoms with E-state index in [2.05, 4.69) is 10.6 Å². The first-order valence-electron chi connectivity index (χ1n) is 8.65. The third-order valence-corrected chi connectivity index (χ3v) is 4.46. The molecule has 0 radical (unpaired) electrons. The van der Waals surface area contributed by atoms with Crippen LogP contribution in [0.1, 0.15) is 21.5 Å². The van der Waals surface area contributed by atoms with Crippen molar-refractivity contribution in [3.8, 4) is 5.75 Å². The Morgan fingerprint density at radius 1 is 1.23 bits per heavy atom. The molecule has 1 heterocycles. The number of anilines is 1. The van der Waals surface area contributed by atoms with Crippen LogP contribution in [-0.4, -0.2) is 38.7 Å². The van der Waals surface area contributed by atoms with Crippen LogP contribution in [0.15, 0.2) is 42.5 Å². The zero-order chi connectivity index (χ0) is 18.5. The summed E-state index contributed by atoms with van der Waals surface area (Å²) in [6, 6.07) is 13.1. The topological polar surface area (TPSA) is 70.7 Å². The Bertz CT molecular complexity index is 802. The fourth-order valence-corrected chi connectivity index (χ4v) is 3.02. The number of carbonyl (C=O) groups excluding carboxylic acids is 2. The summed E-state index contributed by atoms with van der Waals surface area (Å²) in [6.45, 7) is 3.76. The number of nitrogens with one attached hydrogen (secondary N) is 2. The van der Waals surface area contributed by atoms with Gasteiger partial charge in [-0.2, -0.15) is 0 Å². The van der Waals surface area contributed by atoms with E-state index in [1.165, 1.54) is 0 Å². The normalized spacial score (nSPS) is 13.5. The second-order valence-electron chi connectivity index (χ2n) is 6.24. The molecule has 0 saturated carbocycles. The number of benzene rings is 2. The molecule has 1 aliphatic rings. The highest BCUT2D eigenvalue weighted by Gasteiger charge is 2.22. The van der Waals surface area contributed by atoms with Crippen molar-refractivity contribution in [2.24, 2.45) is 0 Å². The van der Waals surface area contributed by atoms with Crippen LogP contribution in [0.2, 0.25) is 0 Å². The van der Waals surface area contributed by atoms with Gasteiger partial charge in [-0.15, -0.1) is 0 Å². The average Bonchev–Trinajstić information content (AvgIpc) is 3.08. The maximum absolute atomic E-state index is 12.4. The first-order valence-corrected chi connectivity index (χ1v) is 8.65. The Kier molecular flexibility index (Phi) is 5.41. The maximum Gasteiger partial charge on any atom is 0.322 e. The van der Waals surface area contributed by atoms with E-state index >= 15 is 0 Å². The lowest BCUT2D eigenvalue weighted by atomic mass is 10.1. The zero-order valence-electron chi connectivity index (χ0n) is 15.0. The molecule has 0 bridgehead atoms. The number of amides is 3. The van der Waals surface area contributed by atoms with Gasteiger partial charge >= 0.3 is 6.03 Å². The summed E-state index contributed by atoms with van der Waals surface area (Å²) in [5.74, 6) is 0.707. The van der Waals surface area contributed by atoms with Gasteiger partial charge in [0.15, 0.2) is 0 Å². The molecule has 1 saturated heterocycles. The van der Waals surface area contributed by atoms with E-state index in [4.69, 9.17) is 4.74 Å². The molecule has 3 amide bonds. The van der Waals surface area contributed by atoms with Crippen molar-refractivity contribution in [3.05, 3.63) is 59.2 Å². The predicted molar refractivity (Wildman–Crippen MR) is 101 cm³/mol. The molecule has 6 heteroatoms. The number of nitrogens with zero attached hydrogens (tertiary/aromatic N) is 1. The molecular formula is C20H23N3O3. The van der Waals surface area contributed by atoms with Crippen LogP contribution in [0, 0.1) is 6.92 Å². The molecule has 2 N–H and O–H groups in total. The van der Waals surface area contributed by atoms with Crippen LogP contribution in [0.25, 0.3) is 0 Å². The van der Waals surface area contributed by atoms with Crippen molar-refractivity contribution in [1.29, 1.82) is 0 Å². The van der Waals surface area contributed by atoms with E-state index in [1.807, 2.05) is 43.3 Å². The standard InChI is InChI=1S/C20H23N3O3/c1-14-13-16(5-8-18(14)23-12-11-22-20(23)25)19(24)21-10-9-15-3-6-17(26-2)7-4-15/h3-8,13H,9-12H2,1-2H3,(H,21,24)(H,22,25). The second kappa shape index (κ2) is 7.91. The summed E-state index contributed by atoms with van der Waals surface area (Å²) in [5.41, 5.74) is 3.48. The van der Waals surface area contributed by atoms with Crippen LogP contribution in [0.4, 0.5) is 10.5 Å². The number of ether oxygens (including phenoxy) is 1. The molecule has 0 aliphatic carbocycles. The Morgan fingerprint density at radius 3 is 2.62 bits per heavy atom. The minimum absolute atomic E-state index is 0.0928. The summed E-state index contributed by atoms with van der Waals surface area (Å²) in [4.78, 5) is 25.8. The van der Waals surface area contributed by atoms with Crippen LogP contribution in [0.3, 0.4) is 0 Å². The first kappa shape index (κ1) is 17.8. The van der Waals surface area contributed by atoms with Gasteiger partial charge in [-0.3, -0.25) is 9.69 Å². The minimum Gasteiger partial charge on any atom is -0.497 e. The van der Waals surface area contributed by atoms with E-state index in [9.17, 15) is 9.59 Å². The molecule has 0 atom stereocenters. The van der Waals surface area contributed by atoms with Gasteiger partial charge in [-0.05, 0) is 54.8 Å². The number of hydrogen-bond donors (Lipinski definition) is 2. The second-order valence-corrected chi connectivity index (χ2v) is 6.24. The molecule has 1 aliphatic heterocycles. The Labute approximate surface area is 153 Å². The molecule has 0 unspecified atom stereocenters. The van der Waals surface area contributed by atoms with Gasteiger partial charge in [-0.1, -0.05) is 12.1 Å². The van der Waals surface area contributed by atoms with Crippen LogP contribution in [0.5, 0.6) is 5.75 Å². The van der Waals surface area contributed by atoms with Crippen molar-refractivity contribution < 1.29 is 14.3 Å². The number of rotatable bonds is 6. The van der Waals surface area contributed by atoms with Gasteiger partial charge in [-0.25, -0.2) is 4.79 Å².